The molecule has 2 aromatic rings. The van der Waals surface area contributed by atoms with Crippen molar-refractivity contribution in [3.8, 4) is 0 Å². The first-order valence-electron chi connectivity index (χ1n) is 11.9. The summed E-state index contributed by atoms with van der Waals surface area (Å²) in [5.41, 5.74) is 3.49. The van der Waals surface area contributed by atoms with Gasteiger partial charge in [-0.15, -0.1) is 0 Å². The van der Waals surface area contributed by atoms with Gasteiger partial charge >= 0.3 is 0 Å². The molecule has 184 valence electrons. The van der Waals surface area contributed by atoms with Crippen LogP contribution in [0.5, 0.6) is 0 Å². The Balaban J connectivity index is 1.50. The van der Waals surface area contributed by atoms with Crippen molar-refractivity contribution in [2.45, 2.75) is 57.5 Å². The van der Waals surface area contributed by atoms with Crippen LogP contribution in [0, 0.1) is 26.7 Å². The van der Waals surface area contributed by atoms with Crippen molar-refractivity contribution in [2.24, 2.45) is 5.92 Å². The topological polar surface area (TPSA) is 102 Å². The second-order valence-electron chi connectivity index (χ2n) is 9.24. The molecule has 2 atom stereocenters. The Morgan fingerprint density at radius 1 is 1.21 bits per heavy atom. The fraction of sp³-hybridized carbons (Fsp3) is 0.520. The Morgan fingerprint density at radius 2 is 2.03 bits per heavy atom. The van der Waals surface area contributed by atoms with Gasteiger partial charge in [0.2, 0.25) is 15.9 Å². The number of aromatic nitrogens is 1. The molecule has 4 rings (SSSR count). The van der Waals surface area contributed by atoms with Crippen LogP contribution in [0.25, 0.3) is 12.2 Å². The van der Waals surface area contributed by atoms with Crippen LogP contribution in [-0.2, 0) is 19.6 Å². The Morgan fingerprint density at radius 3 is 2.79 bits per heavy atom. The zero-order chi connectivity index (χ0) is 24.3. The molecular formula is C25H33N3O5S. The maximum Gasteiger partial charge on any atom is 0.248 e. The molecule has 8 nitrogen and oxygen atoms in total. The summed E-state index contributed by atoms with van der Waals surface area (Å²) >= 11 is 0. The number of hydrogen-bond donors (Lipinski definition) is 1. The van der Waals surface area contributed by atoms with Gasteiger partial charge in [-0.25, -0.2) is 8.42 Å². The molecule has 0 bridgehead atoms. The second kappa shape index (κ2) is 10.4. The molecule has 2 unspecified atom stereocenters. The number of amides is 1. The molecule has 2 saturated heterocycles. The van der Waals surface area contributed by atoms with E-state index in [2.05, 4.69) is 10.5 Å². The average Bonchev–Trinajstić information content (AvgIpc) is 3.48. The Kier molecular flexibility index (Phi) is 7.54. The standard InChI is InChI=1S/C25H33N3O5S/c1-17-8-9-18(2)20(14-17)10-11-23-24(19(3)27-33-23)34(30,31)28-12-4-6-21(16-28)25(29)26-15-22-7-5-13-32-22/h8-11,14,21-22H,4-7,12-13,15-16H2,1-3H3,(H,26,29)/b11-10+. The van der Waals surface area contributed by atoms with Crippen LogP contribution < -0.4 is 5.32 Å². The Labute approximate surface area is 201 Å². The van der Waals surface area contributed by atoms with Crippen molar-refractivity contribution in [3.63, 3.8) is 0 Å². The molecule has 9 heteroatoms. The van der Waals surface area contributed by atoms with E-state index in [4.69, 9.17) is 9.26 Å². The monoisotopic (exact) mass is 487 g/mol. The zero-order valence-electron chi connectivity index (χ0n) is 20.0. The predicted molar refractivity (Wildman–Crippen MR) is 130 cm³/mol. The molecule has 0 radical (unpaired) electrons. The molecule has 0 spiro atoms. The maximum atomic E-state index is 13.6. The third kappa shape index (κ3) is 5.42. The summed E-state index contributed by atoms with van der Waals surface area (Å²) in [5, 5.41) is 6.88. The van der Waals surface area contributed by atoms with Crippen molar-refractivity contribution < 1.29 is 22.5 Å². The number of benzene rings is 1. The molecule has 2 fully saturated rings. The van der Waals surface area contributed by atoms with Gasteiger partial charge in [-0.3, -0.25) is 4.79 Å². The van der Waals surface area contributed by atoms with E-state index < -0.39 is 10.0 Å². The van der Waals surface area contributed by atoms with Gasteiger partial charge in [-0.1, -0.05) is 35.0 Å². The van der Waals surface area contributed by atoms with Gasteiger partial charge in [0, 0.05) is 26.2 Å². The summed E-state index contributed by atoms with van der Waals surface area (Å²) in [6.45, 7) is 7.35. The molecule has 34 heavy (non-hydrogen) atoms. The van der Waals surface area contributed by atoms with Crippen molar-refractivity contribution >= 4 is 28.1 Å². The summed E-state index contributed by atoms with van der Waals surface area (Å²) in [7, 11) is -3.88. The number of aryl methyl sites for hydroxylation is 3. The van der Waals surface area contributed by atoms with E-state index in [-0.39, 0.29) is 35.1 Å². The van der Waals surface area contributed by atoms with E-state index in [0.29, 0.717) is 31.6 Å². The average molecular weight is 488 g/mol. The number of sulfonamides is 1. The lowest BCUT2D eigenvalue weighted by molar-refractivity contribution is -0.126. The van der Waals surface area contributed by atoms with Crippen molar-refractivity contribution in [2.75, 3.05) is 26.2 Å². The molecular weight excluding hydrogens is 454 g/mol. The molecule has 3 heterocycles. The lowest BCUT2D eigenvalue weighted by Gasteiger charge is -2.31. The van der Waals surface area contributed by atoms with E-state index >= 15 is 0 Å². The fourth-order valence-electron chi connectivity index (χ4n) is 4.57. The SMILES string of the molecule is Cc1ccc(C)c(/C=C/c2onc(C)c2S(=O)(=O)N2CCCC(C(=O)NCC3CCCO3)C2)c1. The molecule has 1 amide bonds. The number of nitrogens with zero attached hydrogens (tertiary/aromatic N) is 2. The van der Waals surface area contributed by atoms with Crippen molar-refractivity contribution in [1.82, 2.24) is 14.8 Å². The first-order valence-corrected chi connectivity index (χ1v) is 13.3. The number of rotatable bonds is 7. The highest BCUT2D eigenvalue weighted by molar-refractivity contribution is 7.89. The van der Waals surface area contributed by atoms with Crippen LogP contribution in [0.2, 0.25) is 0 Å². The van der Waals surface area contributed by atoms with E-state index in [0.717, 1.165) is 36.1 Å². The quantitative estimate of drug-likeness (QED) is 0.642. The van der Waals surface area contributed by atoms with Crippen LogP contribution >= 0.6 is 0 Å². The second-order valence-corrected chi connectivity index (χ2v) is 11.1. The highest BCUT2D eigenvalue weighted by atomic mass is 32.2. The summed E-state index contributed by atoms with van der Waals surface area (Å²) in [6.07, 6.45) is 6.79. The molecule has 1 N–H and O–H groups in total. The van der Waals surface area contributed by atoms with Gasteiger partial charge in [0.1, 0.15) is 5.69 Å². The molecule has 1 aromatic carbocycles. The fourth-order valence-corrected chi connectivity index (χ4v) is 6.35. The van der Waals surface area contributed by atoms with E-state index in [9.17, 15) is 13.2 Å². The predicted octanol–water partition coefficient (Wildman–Crippen LogP) is 3.47. The van der Waals surface area contributed by atoms with Crippen LogP contribution in [0.1, 0.15) is 53.8 Å². The van der Waals surface area contributed by atoms with Crippen LogP contribution in [0.4, 0.5) is 0 Å². The lowest BCUT2D eigenvalue weighted by Crippen LogP contribution is -2.46. The van der Waals surface area contributed by atoms with Crippen LogP contribution in [-0.4, -0.2) is 56.1 Å². The van der Waals surface area contributed by atoms with E-state index in [1.165, 1.54) is 4.31 Å². The summed E-state index contributed by atoms with van der Waals surface area (Å²) < 4.78 is 39.5. The number of piperidine rings is 1. The third-order valence-corrected chi connectivity index (χ3v) is 8.59. The number of carbonyl (C=O) groups excluding carboxylic acids is 1. The Bertz CT molecular complexity index is 1170. The summed E-state index contributed by atoms with van der Waals surface area (Å²) in [6, 6.07) is 6.09. The van der Waals surface area contributed by atoms with Gasteiger partial charge in [0.15, 0.2) is 10.7 Å². The minimum atomic E-state index is -3.88. The highest BCUT2D eigenvalue weighted by Crippen LogP contribution is 2.29. The van der Waals surface area contributed by atoms with E-state index in [1.807, 2.05) is 38.1 Å². The number of ether oxygens (including phenoxy) is 1. The number of nitrogens with one attached hydrogen (secondary N) is 1. The molecule has 0 saturated carbocycles. The maximum absolute atomic E-state index is 13.6. The largest absolute Gasteiger partial charge is 0.376 e. The van der Waals surface area contributed by atoms with Crippen LogP contribution in [0.3, 0.4) is 0 Å². The van der Waals surface area contributed by atoms with Gasteiger partial charge in [0.05, 0.1) is 12.0 Å². The van der Waals surface area contributed by atoms with Crippen LogP contribution in [0.15, 0.2) is 27.6 Å². The van der Waals surface area contributed by atoms with Crippen molar-refractivity contribution in [1.29, 1.82) is 0 Å². The smallest absolute Gasteiger partial charge is 0.248 e. The normalized spacial score (nSPS) is 21.9. The zero-order valence-corrected chi connectivity index (χ0v) is 20.9. The van der Waals surface area contributed by atoms with Gasteiger partial charge in [0.25, 0.3) is 0 Å². The van der Waals surface area contributed by atoms with E-state index in [1.54, 1.807) is 13.0 Å². The highest BCUT2D eigenvalue weighted by Gasteiger charge is 2.37. The number of carbonyl (C=O) groups is 1. The third-order valence-electron chi connectivity index (χ3n) is 6.56. The first kappa shape index (κ1) is 24.6. The minimum absolute atomic E-state index is 0.0541. The van der Waals surface area contributed by atoms with Gasteiger partial charge in [-0.2, -0.15) is 4.31 Å². The minimum Gasteiger partial charge on any atom is -0.376 e. The molecule has 2 aliphatic heterocycles. The number of hydrogen-bond acceptors (Lipinski definition) is 6. The Hall–Kier alpha value is -2.49. The molecule has 2 aliphatic rings. The molecule has 0 aliphatic carbocycles. The first-order chi connectivity index (χ1) is 16.3. The van der Waals surface area contributed by atoms with Gasteiger partial charge < -0.3 is 14.6 Å². The van der Waals surface area contributed by atoms with Crippen molar-refractivity contribution in [3.05, 3.63) is 46.3 Å². The summed E-state index contributed by atoms with van der Waals surface area (Å²) in [4.78, 5) is 12.8. The molecule has 1 aromatic heterocycles. The lowest BCUT2D eigenvalue weighted by atomic mass is 9.99. The summed E-state index contributed by atoms with van der Waals surface area (Å²) in [5.74, 6) is -0.310. The van der Waals surface area contributed by atoms with Gasteiger partial charge in [-0.05, 0) is 63.7 Å².